The zero-order chi connectivity index (χ0) is 27.5. The SMILES string of the molecule is CNC(=O)c1c(-c2ccc(F)cc2)oc2cc(NSC)c(C3CCCN(C(=O)c4ccnc(CN)c4)C3)cc12. The first-order valence-electron chi connectivity index (χ1n) is 12.7. The van der Waals surface area contributed by atoms with E-state index >= 15 is 0 Å². The largest absolute Gasteiger partial charge is 0.455 e. The van der Waals surface area contributed by atoms with E-state index in [1.807, 2.05) is 23.3 Å². The van der Waals surface area contributed by atoms with Crippen molar-refractivity contribution in [3.63, 3.8) is 0 Å². The monoisotopic (exact) mass is 547 g/mol. The van der Waals surface area contributed by atoms with E-state index in [0.29, 0.717) is 52.2 Å². The molecule has 1 aliphatic heterocycles. The number of rotatable bonds is 7. The molecule has 10 heteroatoms. The van der Waals surface area contributed by atoms with E-state index < -0.39 is 0 Å². The third kappa shape index (κ3) is 5.35. The van der Waals surface area contributed by atoms with Gasteiger partial charge in [0.1, 0.15) is 17.2 Å². The third-order valence-corrected chi connectivity index (χ3v) is 7.48. The Bertz CT molecular complexity index is 1520. The molecule has 1 fully saturated rings. The minimum atomic E-state index is -0.368. The smallest absolute Gasteiger partial charge is 0.255 e. The number of hydrogen-bond donors (Lipinski definition) is 3. The molecule has 5 rings (SSSR count). The van der Waals surface area contributed by atoms with Crippen LogP contribution in [0.5, 0.6) is 0 Å². The number of piperidine rings is 1. The number of hydrogen-bond acceptors (Lipinski definition) is 7. The molecule has 39 heavy (non-hydrogen) atoms. The summed E-state index contributed by atoms with van der Waals surface area (Å²) in [5.41, 5.74) is 10.4. The number of anilines is 1. The van der Waals surface area contributed by atoms with Gasteiger partial charge in [-0.15, -0.1) is 0 Å². The van der Waals surface area contributed by atoms with Crippen LogP contribution in [0.3, 0.4) is 0 Å². The van der Waals surface area contributed by atoms with Gasteiger partial charge in [0, 0.05) is 67.6 Å². The Morgan fingerprint density at radius 2 is 2.00 bits per heavy atom. The van der Waals surface area contributed by atoms with E-state index in [9.17, 15) is 14.0 Å². The van der Waals surface area contributed by atoms with Crippen LogP contribution in [0.25, 0.3) is 22.3 Å². The molecule has 8 nitrogen and oxygen atoms in total. The zero-order valence-corrected chi connectivity index (χ0v) is 22.6. The van der Waals surface area contributed by atoms with Crippen LogP contribution in [-0.2, 0) is 6.54 Å². The maximum Gasteiger partial charge on any atom is 0.255 e. The van der Waals surface area contributed by atoms with Gasteiger partial charge in [0.25, 0.3) is 11.8 Å². The topological polar surface area (TPSA) is 113 Å². The lowest BCUT2D eigenvalue weighted by molar-refractivity contribution is 0.0707. The number of furan rings is 1. The molecule has 2 amide bonds. The van der Waals surface area contributed by atoms with Gasteiger partial charge in [0.2, 0.25) is 0 Å². The highest BCUT2D eigenvalue weighted by molar-refractivity contribution is 7.99. The molecule has 0 spiro atoms. The van der Waals surface area contributed by atoms with E-state index in [4.69, 9.17) is 10.2 Å². The van der Waals surface area contributed by atoms with Gasteiger partial charge in [-0.2, -0.15) is 0 Å². The van der Waals surface area contributed by atoms with Crippen molar-refractivity contribution in [2.24, 2.45) is 5.73 Å². The lowest BCUT2D eigenvalue weighted by Crippen LogP contribution is -2.39. The summed E-state index contributed by atoms with van der Waals surface area (Å²) >= 11 is 1.46. The Kier molecular flexibility index (Phi) is 7.85. The predicted molar refractivity (Wildman–Crippen MR) is 152 cm³/mol. The van der Waals surface area contributed by atoms with Crippen molar-refractivity contribution >= 4 is 40.4 Å². The molecule has 1 unspecified atom stereocenters. The van der Waals surface area contributed by atoms with Crippen molar-refractivity contribution in [2.75, 3.05) is 31.1 Å². The van der Waals surface area contributed by atoms with Gasteiger partial charge in [0.15, 0.2) is 0 Å². The number of amides is 2. The second kappa shape index (κ2) is 11.5. The number of halogens is 1. The molecular formula is C29H30FN5O3S. The van der Waals surface area contributed by atoms with Crippen LogP contribution in [0.4, 0.5) is 10.1 Å². The summed E-state index contributed by atoms with van der Waals surface area (Å²) in [6, 6.07) is 13.2. The van der Waals surface area contributed by atoms with Crippen LogP contribution in [-0.4, -0.2) is 48.1 Å². The molecule has 1 aliphatic rings. The van der Waals surface area contributed by atoms with Crippen molar-refractivity contribution < 1.29 is 18.4 Å². The summed E-state index contributed by atoms with van der Waals surface area (Å²) in [5.74, 6) is -0.291. The highest BCUT2D eigenvalue weighted by Crippen LogP contribution is 2.41. The Morgan fingerprint density at radius 1 is 1.21 bits per heavy atom. The van der Waals surface area contributed by atoms with Crippen molar-refractivity contribution in [3.8, 4) is 11.3 Å². The molecule has 2 aromatic heterocycles. The molecule has 0 radical (unpaired) electrons. The van der Waals surface area contributed by atoms with Gasteiger partial charge < -0.3 is 25.1 Å². The van der Waals surface area contributed by atoms with Gasteiger partial charge in [-0.25, -0.2) is 4.39 Å². The number of nitrogens with zero attached hydrogens (tertiary/aromatic N) is 2. The number of nitrogens with two attached hydrogens (primary N) is 1. The molecule has 202 valence electrons. The molecule has 0 saturated carbocycles. The van der Waals surface area contributed by atoms with E-state index in [1.54, 1.807) is 37.5 Å². The third-order valence-electron chi connectivity index (χ3n) is 7.05. The fourth-order valence-corrected chi connectivity index (χ4v) is 5.57. The molecule has 4 N–H and O–H groups in total. The Hall–Kier alpha value is -3.89. The normalized spacial score (nSPS) is 15.4. The first kappa shape index (κ1) is 26.7. The molecular weight excluding hydrogens is 517 g/mol. The Morgan fingerprint density at radius 3 is 2.72 bits per heavy atom. The van der Waals surface area contributed by atoms with Gasteiger partial charge in [-0.3, -0.25) is 14.6 Å². The van der Waals surface area contributed by atoms with Crippen molar-refractivity contribution in [1.29, 1.82) is 0 Å². The fraction of sp³-hybridized carbons (Fsp3) is 0.276. The summed E-state index contributed by atoms with van der Waals surface area (Å²) in [6.07, 6.45) is 5.28. The number of pyridine rings is 1. The van der Waals surface area contributed by atoms with E-state index in [2.05, 4.69) is 15.0 Å². The van der Waals surface area contributed by atoms with Crippen LogP contribution >= 0.6 is 11.9 Å². The lowest BCUT2D eigenvalue weighted by Gasteiger charge is -2.34. The quantitative estimate of drug-likeness (QED) is 0.274. The van der Waals surface area contributed by atoms with Crippen LogP contribution in [0.2, 0.25) is 0 Å². The molecule has 1 saturated heterocycles. The van der Waals surface area contributed by atoms with Crippen molar-refractivity contribution in [3.05, 3.63) is 82.9 Å². The molecule has 4 aromatic rings. The van der Waals surface area contributed by atoms with Crippen LogP contribution in [0, 0.1) is 5.82 Å². The van der Waals surface area contributed by atoms with Gasteiger partial charge in [-0.05, 0) is 60.9 Å². The number of nitrogens with one attached hydrogen (secondary N) is 2. The summed E-state index contributed by atoms with van der Waals surface area (Å²) in [7, 11) is 1.57. The number of likely N-dealkylation sites (tertiary alicyclic amines) is 1. The van der Waals surface area contributed by atoms with E-state index in [1.165, 1.54) is 24.1 Å². The van der Waals surface area contributed by atoms with Gasteiger partial charge >= 0.3 is 0 Å². The standard InChI is InChI=1S/C29H30FN5O3S/c1-32-28(36)26-23-13-22(19-4-3-11-35(16-19)29(37)18-9-10-33-21(12-18)15-31)24(34-39-2)14-25(23)38-27(26)17-5-7-20(30)8-6-17/h5-10,12-14,19,34H,3-4,11,15-16,31H2,1-2H3,(H,32,36). The molecule has 0 aliphatic carbocycles. The first-order valence-corrected chi connectivity index (χ1v) is 14.0. The van der Waals surface area contributed by atoms with Crippen molar-refractivity contribution in [2.45, 2.75) is 25.3 Å². The first-order chi connectivity index (χ1) is 18.9. The maximum absolute atomic E-state index is 13.6. The second-order valence-corrected chi connectivity index (χ2v) is 10.1. The molecule has 1 atom stereocenters. The minimum Gasteiger partial charge on any atom is -0.455 e. The van der Waals surface area contributed by atoms with Gasteiger partial charge in [0.05, 0.1) is 16.9 Å². The summed E-state index contributed by atoms with van der Waals surface area (Å²) < 4.78 is 23.2. The highest BCUT2D eigenvalue weighted by Gasteiger charge is 2.30. The number of carbonyl (C=O) groups excluding carboxylic acids is 2. The molecule has 2 aromatic carbocycles. The lowest BCUT2D eigenvalue weighted by atomic mass is 9.88. The average Bonchev–Trinajstić information content (AvgIpc) is 3.35. The Labute approximate surface area is 230 Å². The number of fused-ring (bicyclic) bond motifs is 1. The Balaban J connectivity index is 1.56. The summed E-state index contributed by atoms with van der Waals surface area (Å²) in [6.45, 7) is 1.46. The zero-order valence-electron chi connectivity index (χ0n) is 21.8. The van der Waals surface area contributed by atoms with Crippen LogP contribution in [0.1, 0.15) is 50.7 Å². The molecule has 3 heterocycles. The fourth-order valence-electron chi connectivity index (χ4n) is 5.17. The maximum atomic E-state index is 13.6. The average molecular weight is 548 g/mol. The summed E-state index contributed by atoms with van der Waals surface area (Å²) in [4.78, 5) is 32.5. The van der Waals surface area contributed by atoms with Crippen LogP contribution < -0.4 is 15.8 Å². The number of aromatic nitrogens is 1. The summed E-state index contributed by atoms with van der Waals surface area (Å²) in [5, 5.41) is 3.38. The number of carbonyl (C=O) groups is 2. The molecule has 0 bridgehead atoms. The second-order valence-electron chi connectivity index (χ2n) is 9.46. The van der Waals surface area contributed by atoms with E-state index in [0.717, 1.165) is 24.1 Å². The van der Waals surface area contributed by atoms with E-state index in [-0.39, 0.29) is 30.1 Å². The van der Waals surface area contributed by atoms with Crippen molar-refractivity contribution in [1.82, 2.24) is 15.2 Å². The minimum absolute atomic E-state index is 0.0410. The van der Waals surface area contributed by atoms with Crippen LogP contribution in [0.15, 0.2) is 59.1 Å². The van der Waals surface area contributed by atoms with Gasteiger partial charge in [-0.1, -0.05) is 11.9 Å². The predicted octanol–water partition coefficient (Wildman–Crippen LogP) is 5.16. The highest BCUT2D eigenvalue weighted by atomic mass is 32.2. The number of benzene rings is 2.